The number of nitroso groups, excluding NO2 is 1. The van der Waals surface area contributed by atoms with Gasteiger partial charge in [0.15, 0.2) is 11.8 Å². The van der Waals surface area contributed by atoms with Crippen LogP contribution in [0.4, 0.5) is 0 Å². The molecule has 1 aliphatic heterocycles. The minimum Gasteiger partial charge on any atom is -0.483 e. The van der Waals surface area contributed by atoms with Gasteiger partial charge in [-0.3, -0.25) is 9.78 Å². The second kappa shape index (κ2) is 5.21. The molecular weight excluding hydrogens is 256 g/mol. The lowest BCUT2D eigenvalue weighted by molar-refractivity contribution is 0.0951. The van der Waals surface area contributed by atoms with E-state index in [4.69, 9.17) is 4.74 Å². The Kier molecular flexibility index (Phi) is 3.25. The number of carbonyl (C=O) groups is 1. The van der Waals surface area contributed by atoms with Crippen molar-refractivity contribution in [3.05, 3.63) is 64.8 Å². The molecule has 2 aromatic rings. The van der Waals surface area contributed by atoms with E-state index < -0.39 is 12.1 Å². The fourth-order valence-corrected chi connectivity index (χ4v) is 2.30. The molecule has 3 rings (SSSR count). The Morgan fingerprint density at radius 3 is 2.70 bits per heavy atom. The van der Waals surface area contributed by atoms with Gasteiger partial charge in [0.2, 0.25) is 0 Å². The number of carbonyl (C=O) groups excluding carboxylic acids is 1. The topological polar surface area (TPSA) is 68.6 Å². The van der Waals surface area contributed by atoms with Crippen LogP contribution in [0.5, 0.6) is 5.75 Å². The lowest BCUT2D eigenvalue weighted by Crippen LogP contribution is -2.20. The Bertz CT molecular complexity index is 643. The lowest BCUT2D eigenvalue weighted by Gasteiger charge is -2.16. The highest BCUT2D eigenvalue weighted by atomic mass is 16.5. The maximum Gasteiger partial charge on any atom is 0.194 e. The number of hydrogen-bond donors (Lipinski definition) is 0. The molecular formula is C15H12N2O3. The summed E-state index contributed by atoms with van der Waals surface area (Å²) in [5.74, 6) is 0.174. The van der Waals surface area contributed by atoms with E-state index in [0.717, 1.165) is 0 Å². The first kappa shape index (κ1) is 12.5. The van der Waals surface area contributed by atoms with E-state index in [2.05, 4.69) is 10.2 Å². The maximum atomic E-state index is 12.3. The molecule has 0 spiro atoms. The van der Waals surface area contributed by atoms with Crippen LogP contribution in [0.15, 0.2) is 53.8 Å². The largest absolute Gasteiger partial charge is 0.483 e. The Morgan fingerprint density at radius 1 is 1.15 bits per heavy atom. The minimum absolute atomic E-state index is 0.202. The molecule has 0 aliphatic carbocycles. The van der Waals surface area contributed by atoms with Crippen LogP contribution in [0.25, 0.3) is 0 Å². The van der Waals surface area contributed by atoms with Gasteiger partial charge >= 0.3 is 0 Å². The van der Waals surface area contributed by atoms with Crippen molar-refractivity contribution in [3.63, 3.8) is 0 Å². The van der Waals surface area contributed by atoms with Gasteiger partial charge in [0.1, 0.15) is 11.9 Å². The first-order chi connectivity index (χ1) is 9.79. The third-order valence-electron chi connectivity index (χ3n) is 3.31. The van der Waals surface area contributed by atoms with Crippen LogP contribution in [0.1, 0.15) is 28.6 Å². The minimum atomic E-state index is -0.939. The molecule has 100 valence electrons. The second-order valence-electron chi connectivity index (χ2n) is 4.58. The number of ketones is 1. The third-order valence-corrected chi connectivity index (χ3v) is 3.31. The Hall–Kier alpha value is -2.56. The average molecular weight is 268 g/mol. The molecule has 5 heteroatoms. The molecule has 0 fully saturated rings. The molecule has 0 amide bonds. The van der Waals surface area contributed by atoms with Crippen LogP contribution in [-0.4, -0.2) is 16.8 Å². The molecule has 5 nitrogen and oxygen atoms in total. The molecule has 20 heavy (non-hydrogen) atoms. The van der Waals surface area contributed by atoms with Crippen LogP contribution in [0, 0.1) is 4.91 Å². The first-order valence-corrected chi connectivity index (χ1v) is 6.33. The number of aromatic nitrogens is 1. The van der Waals surface area contributed by atoms with E-state index in [9.17, 15) is 9.70 Å². The summed E-state index contributed by atoms with van der Waals surface area (Å²) in [4.78, 5) is 27.4. The molecule has 2 atom stereocenters. The predicted molar refractivity (Wildman–Crippen MR) is 72.6 cm³/mol. The zero-order valence-corrected chi connectivity index (χ0v) is 10.6. The highest BCUT2D eigenvalue weighted by Crippen LogP contribution is 2.33. The molecule has 0 radical (unpaired) electrons. The summed E-state index contributed by atoms with van der Waals surface area (Å²) in [6.07, 6.45) is 1.40. The van der Waals surface area contributed by atoms with Crippen molar-refractivity contribution in [1.82, 2.24) is 4.98 Å². The normalized spacial score (nSPS) is 21.5. The van der Waals surface area contributed by atoms with Crippen LogP contribution in [0.3, 0.4) is 0 Å². The number of fused-ring (bicyclic) bond motifs is 1. The lowest BCUT2D eigenvalue weighted by atomic mass is 10.00. The monoisotopic (exact) mass is 268 g/mol. The van der Waals surface area contributed by atoms with Gasteiger partial charge in [-0.2, -0.15) is 4.91 Å². The van der Waals surface area contributed by atoms with Crippen molar-refractivity contribution in [3.8, 4) is 5.75 Å². The van der Waals surface area contributed by atoms with Crippen LogP contribution >= 0.6 is 0 Å². The van der Waals surface area contributed by atoms with Crippen molar-refractivity contribution >= 4 is 5.78 Å². The molecule has 2 heterocycles. The third kappa shape index (κ3) is 2.18. The smallest absolute Gasteiger partial charge is 0.194 e. The second-order valence-corrected chi connectivity index (χ2v) is 4.58. The highest BCUT2D eigenvalue weighted by molar-refractivity contribution is 6.02. The Labute approximate surface area is 115 Å². The first-order valence-electron chi connectivity index (χ1n) is 6.33. The van der Waals surface area contributed by atoms with E-state index in [-0.39, 0.29) is 12.2 Å². The van der Waals surface area contributed by atoms with Crippen molar-refractivity contribution in [1.29, 1.82) is 0 Å². The van der Waals surface area contributed by atoms with Crippen molar-refractivity contribution < 1.29 is 9.53 Å². The number of ether oxygens (including phenoxy) is 1. The molecule has 1 aromatic carbocycles. The van der Waals surface area contributed by atoms with E-state index in [1.165, 1.54) is 0 Å². The van der Waals surface area contributed by atoms with Crippen molar-refractivity contribution in [2.75, 3.05) is 0 Å². The summed E-state index contributed by atoms with van der Waals surface area (Å²) in [6.45, 7) is 0. The summed E-state index contributed by atoms with van der Waals surface area (Å²) in [6, 6.07) is 11.4. The SMILES string of the molecule is O=NC1CC(c2ccccn2)Oc2ccccc2C1=O. The van der Waals surface area contributed by atoms with Crippen molar-refractivity contribution in [2.24, 2.45) is 5.18 Å². The maximum absolute atomic E-state index is 12.3. The zero-order valence-electron chi connectivity index (χ0n) is 10.6. The number of rotatable bonds is 2. The molecule has 0 saturated heterocycles. The standard InChI is InChI=1S/C15H12N2O3/c18-15-10-5-1-2-7-13(10)20-14(9-12(15)17-19)11-6-3-4-8-16-11/h1-8,12,14H,9H2. The van der Waals surface area contributed by atoms with Gasteiger partial charge < -0.3 is 4.74 Å². The van der Waals surface area contributed by atoms with Gasteiger partial charge in [0.25, 0.3) is 0 Å². The molecule has 1 aromatic heterocycles. The summed E-state index contributed by atoms with van der Waals surface area (Å²) in [5, 5.41) is 2.96. The number of nitrogens with zero attached hydrogens (tertiary/aromatic N) is 2. The number of benzene rings is 1. The number of hydrogen-bond acceptors (Lipinski definition) is 5. The quantitative estimate of drug-likeness (QED) is 0.785. The van der Waals surface area contributed by atoms with Crippen LogP contribution in [-0.2, 0) is 0 Å². The fraction of sp³-hybridized carbons (Fsp3) is 0.200. The van der Waals surface area contributed by atoms with Gasteiger partial charge in [-0.05, 0) is 24.3 Å². The molecule has 0 N–H and O–H groups in total. The van der Waals surface area contributed by atoms with E-state index in [0.29, 0.717) is 17.0 Å². The summed E-state index contributed by atoms with van der Waals surface area (Å²) in [7, 11) is 0. The average Bonchev–Trinajstić information content (AvgIpc) is 2.65. The highest BCUT2D eigenvalue weighted by Gasteiger charge is 2.33. The summed E-state index contributed by atoms with van der Waals surface area (Å²) in [5.41, 5.74) is 1.08. The number of pyridine rings is 1. The van der Waals surface area contributed by atoms with Gasteiger partial charge in [0, 0.05) is 12.6 Å². The number of Topliss-reactive ketones (excluding diaryl/α,β-unsaturated/α-hetero) is 1. The predicted octanol–water partition coefficient (Wildman–Crippen LogP) is 2.92. The van der Waals surface area contributed by atoms with Crippen molar-refractivity contribution in [2.45, 2.75) is 18.6 Å². The fourth-order valence-electron chi connectivity index (χ4n) is 2.30. The zero-order chi connectivity index (χ0) is 13.9. The number of para-hydroxylation sites is 1. The van der Waals surface area contributed by atoms with Gasteiger partial charge in [0.05, 0.1) is 11.3 Å². The summed E-state index contributed by atoms with van der Waals surface area (Å²) < 4.78 is 5.86. The Morgan fingerprint density at radius 2 is 1.95 bits per heavy atom. The summed E-state index contributed by atoms with van der Waals surface area (Å²) >= 11 is 0. The molecule has 0 bridgehead atoms. The van der Waals surface area contributed by atoms with Gasteiger partial charge in [-0.1, -0.05) is 23.4 Å². The van der Waals surface area contributed by atoms with Gasteiger partial charge in [-0.25, -0.2) is 0 Å². The Balaban J connectivity index is 2.04. The van der Waals surface area contributed by atoms with E-state index >= 15 is 0 Å². The van der Waals surface area contributed by atoms with Crippen LogP contribution in [0.2, 0.25) is 0 Å². The van der Waals surface area contributed by atoms with E-state index in [1.807, 2.05) is 12.1 Å². The van der Waals surface area contributed by atoms with Gasteiger partial charge in [-0.15, -0.1) is 0 Å². The molecule has 1 aliphatic rings. The van der Waals surface area contributed by atoms with E-state index in [1.54, 1.807) is 36.5 Å². The molecule has 2 unspecified atom stereocenters. The molecule has 0 saturated carbocycles. The van der Waals surface area contributed by atoms with Crippen LogP contribution < -0.4 is 4.74 Å².